The maximum absolute atomic E-state index is 12.5. The van der Waals surface area contributed by atoms with Gasteiger partial charge in [0.2, 0.25) is 0 Å². The number of hydrogen-bond acceptors (Lipinski definition) is 3. The Morgan fingerprint density at radius 2 is 2.08 bits per heavy atom. The van der Waals surface area contributed by atoms with Crippen molar-refractivity contribution in [1.29, 1.82) is 0 Å². The minimum Gasteiger partial charge on any atom is -0.409 e. The average molecular weight is 400 g/mol. The molecule has 24 heavy (non-hydrogen) atoms. The minimum absolute atomic E-state index is 0.0346. The zero-order valence-electron chi connectivity index (χ0n) is 13.5. The smallest absolute Gasteiger partial charge is 0.253 e. The van der Waals surface area contributed by atoms with Gasteiger partial charge in [-0.1, -0.05) is 40.2 Å². The second-order valence-electron chi connectivity index (χ2n) is 5.38. The summed E-state index contributed by atoms with van der Waals surface area (Å²) in [4.78, 5) is 14.2. The van der Waals surface area contributed by atoms with E-state index in [0.717, 1.165) is 29.4 Å². The summed E-state index contributed by atoms with van der Waals surface area (Å²) in [6.07, 6.45) is 2.88. The van der Waals surface area contributed by atoms with Crippen molar-refractivity contribution < 1.29 is 14.4 Å². The number of halogens is 2. The molecular weight excluding hydrogens is 377 g/mol. The second kappa shape index (κ2) is 10.8. The zero-order valence-corrected chi connectivity index (χ0v) is 15.1. The van der Waals surface area contributed by atoms with Crippen molar-refractivity contribution in [3.05, 3.63) is 40.9 Å². The van der Waals surface area contributed by atoms with Crippen molar-refractivity contribution in [2.45, 2.75) is 32.1 Å². The highest BCUT2D eigenvalue weighted by Crippen LogP contribution is 2.22. The van der Waals surface area contributed by atoms with Crippen LogP contribution in [0.3, 0.4) is 0 Å². The molecule has 0 fully saturated rings. The van der Waals surface area contributed by atoms with Gasteiger partial charge in [-0.2, -0.15) is 0 Å². The highest BCUT2D eigenvalue weighted by Gasteiger charge is 2.18. The van der Waals surface area contributed by atoms with Gasteiger partial charge in [-0.15, -0.1) is 0 Å². The summed E-state index contributed by atoms with van der Waals surface area (Å²) >= 11 is 3.39. The van der Waals surface area contributed by atoms with Gasteiger partial charge in [0.1, 0.15) is 5.84 Å². The van der Waals surface area contributed by atoms with E-state index >= 15 is 0 Å². The number of hydrogen-bond donors (Lipinski definition) is 2. The molecule has 0 aliphatic heterocycles. The lowest BCUT2D eigenvalue weighted by Gasteiger charge is -2.24. The zero-order chi connectivity index (χ0) is 17.9. The standard InChI is InChI=1S/C17H23BrFN3O2/c1-13(9-10-19)17(23)22(15-7-5-6-14(18)12-15)11-4-2-3-8-16(20)21-24/h5-7,12,24H,1-4,8-11H2,(H2,20,21). The van der Waals surface area contributed by atoms with Gasteiger partial charge in [0.25, 0.3) is 5.91 Å². The SMILES string of the molecule is C=C(CCF)C(=O)N(CCCCC/C(N)=N/O)c1cccc(Br)c1. The molecule has 1 rings (SSSR count). The molecule has 1 aromatic rings. The van der Waals surface area contributed by atoms with Crippen molar-refractivity contribution in [1.82, 2.24) is 0 Å². The molecule has 1 amide bonds. The van der Waals surface area contributed by atoms with Crippen LogP contribution in [0.25, 0.3) is 0 Å². The molecular formula is C17H23BrFN3O2. The maximum atomic E-state index is 12.5. The van der Waals surface area contributed by atoms with E-state index in [1.807, 2.05) is 24.3 Å². The van der Waals surface area contributed by atoms with E-state index in [9.17, 15) is 9.18 Å². The lowest BCUT2D eigenvalue weighted by molar-refractivity contribution is -0.115. The van der Waals surface area contributed by atoms with E-state index in [4.69, 9.17) is 10.9 Å². The lowest BCUT2D eigenvalue weighted by atomic mass is 10.1. The molecule has 0 spiro atoms. The van der Waals surface area contributed by atoms with Gasteiger partial charge in [-0.05, 0) is 31.0 Å². The van der Waals surface area contributed by atoms with Gasteiger partial charge >= 0.3 is 0 Å². The van der Waals surface area contributed by atoms with Crippen molar-refractivity contribution in [3.8, 4) is 0 Å². The van der Waals surface area contributed by atoms with Gasteiger partial charge < -0.3 is 15.8 Å². The topological polar surface area (TPSA) is 78.9 Å². The van der Waals surface area contributed by atoms with E-state index in [1.54, 1.807) is 4.90 Å². The third kappa shape index (κ3) is 6.70. The van der Waals surface area contributed by atoms with Crippen molar-refractivity contribution in [2.24, 2.45) is 10.9 Å². The Morgan fingerprint density at radius 1 is 1.33 bits per heavy atom. The number of anilines is 1. The third-order valence-corrected chi connectivity index (χ3v) is 4.00. The van der Waals surface area contributed by atoms with Gasteiger partial charge in [-0.25, -0.2) is 0 Å². The van der Waals surface area contributed by atoms with Crippen LogP contribution in [-0.2, 0) is 4.79 Å². The van der Waals surface area contributed by atoms with Gasteiger partial charge in [0, 0.05) is 35.1 Å². The van der Waals surface area contributed by atoms with Crippen LogP contribution in [0.15, 0.2) is 46.0 Å². The molecule has 5 nitrogen and oxygen atoms in total. The van der Waals surface area contributed by atoms with Gasteiger partial charge in [0.15, 0.2) is 0 Å². The molecule has 3 N–H and O–H groups in total. The maximum Gasteiger partial charge on any atom is 0.253 e. The van der Waals surface area contributed by atoms with Crippen LogP contribution in [0.1, 0.15) is 32.1 Å². The molecule has 0 aliphatic rings. The van der Waals surface area contributed by atoms with Crippen LogP contribution >= 0.6 is 15.9 Å². The number of rotatable bonds is 10. The number of alkyl halides is 1. The Bertz CT molecular complexity index is 593. The first-order valence-electron chi connectivity index (χ1n) is 7.77. The fourth-order valence-corrected chi connectivity index (χ4v) is 2.59. The van der Waals surface area contributed by atoms with Crippen LogP contribution in [-0.4, -0.2) is 30.2 Å². The van der Waals surface area contributed by atoms with E-state index in [2.05, 4.69) is 27.7 Å². The van der Waals surface area contributed by atoms with E-state index < -0.39 is 6.67 Å². The Hall–Kier alpha value is -1.89. The molecule has 7 heteroatoms. The van der Waals surface area contributed by atoms with Gasteiger partial charge in [-0.3, -0.25) is 9.18 Å². The molecule has 132 valence electrons. The fourth-order valence-electron chi connectivity index (χ4n) is 2.21. The first kappa shape index (κ1) is 20.2. The third-order valence-electron chi connectivity index (χ3n) is 3.51. The number of amidine groups is 1. The molecule has 0 aromatic heterocycles. The predicted octanol–water partition coefficient (Wildman–Crippen LogP) is 4.00. The number of nitrogens with zero attached hydrogens (tertiary/aromatic N) is 2. The predicted molar refractivity (Wildman–Crippen MR) is 98.1 cm³/mol. The molecule has 0 unspecified atom stereocenters. The summed E-state index contributed by atoms with van der Waals surface area (Å²) in [5, 5.41) is 11.4. The molecule has 0 bridgehead atoms. The van der Waals surface area contributed by atoms with Crippen molar-refractivity contribution in [3.63, 3.8) is 0 Å². The number of carbonyl (C=O) groups is 1. The summed E-state index contributed by atoms with van der Waals surface area (Å²) in [5.41, 5.74) is 6.43. The average Bonchev–Trinajstić information content (AvgIpc) is 2.57. The summed E-state index contributed by atoms with van der Waals surface area (Å²) in [6, 6.07) is 7.40. The normalized spacial score (nSPS) is 11.3. The quantitative estimate of drug-likeness (QED) is 0.156. The highest BCUT2D eigenvalue weighted by molar-refractivity contribution is 9.10. The minimum atomic E-state index is -0.601. The molecule has 0 saturated heterocycles. The summed E-state index contributed by atoms with van der Waals surface area (Å²) in [7, 11) is 0. The number of carbonyl (C=O) groups excluding carboxylic acids is 1. The first-order chi connectivity index (χ1) is 11.5. The lowest BCUT2D eigenvalue weighted by Crippen LogP contribution is -2.33. The van der Waals surface area contributed by atoms with Crippen LogP contribution in [0.2, 0.25) is 0 Å². The van der Waals surface area contributed by atoms with Crippen LogP contribution < -0.4 is 10.6 Å². The molecule has 0 atom stereocenters. The Labute approximate surface area is 150 Å². The van der Waals surface area contributed by atoms with E-state index in [0.29, 0.717) is 13.0 Å². The molecule has 0 radical (unpaired) electrons. The summed E-state index contributed by atoms with van der Waals surface area (Å²) < 4.78 is 13.4. The van der Waals surface area contributed by atoms with Crippen molar-refractivity contribution in [2.75, 3.05) is 18.1 Å². The van der Waals surface area contributed by atoms with E-state index in [1.165, 1.54) is 0 Å². The monoisotopic (exact) mass is 399 g/mol. The second-order valence-corrected chi connectivity index (χ2v) is 6.30. The van der Waals surface area contributed by atoms with Crippen LogP contribution in [0, 0.1) is 0 Å². The Kier molecular flexibility index (Phi) is 9.07. The number of oxime groups is 1. The molecule has 1 aromatic carbocycles. The Balaban J connectivity index is 2.71. The molecule has 0 heterocycles. The fraction of sp³-hybridized carbons (Fsp3) is 0.412. The number of benzene rings is 1. The number of nitrogens with two attached hydrogens (primary N) is 1. The summed E-state index contributed by atoms with van der Waals surface area (Å²) in [6.45, 7) is 3.59. The Morgan fingerprint density at radius 3 is 2.71 bits per heavy atom. The van der Waals surface area contributed by atoms with Crippen LogP contribution in [0.4, 0.5) is 10.1 Å². The van der Waals surface area contributed by atoms with E-state index in [-0.39, 0.29) is 23.7 Å². The summed E-state index contributed by atoms with van der Waals surface area (Å²) in [5.74, 6) is -0.0616. The largest absolute Gasteiger partial charge is 0.409 e. The number of amides is 1. The van der Waals surface area contributed by atoms with Crippen LogP contribution in [0.5, 0.6) is 0 Å². The molecule has 0 saturated carbocycles. The van der Waals surface area contributed by atoms with Crippen molar-refractivity contribution >= 4 is 33.4 Å². The first-order valence-corrected chi connectivity index (χ1v) is 8.56. The highest BCUT2D eigenvalue weighted by atomic mass is 79.9. The molecule has 0 aliphatic carbocycles. The number of unbranched alkanes of at least 4 members (excludes halogenated alkanes) is 2. The van der Waals surface area contributed by atoms with Gasteiger partial charge in [0.05, 0.1) is 6.67 Å².